The summed E-state index contributed by atoms with van der Waals surface area (Å²) in [6, 6.07) is 22.4. The second-order valence-corrected chi connectivity index (χ2v) is 8.23. The summed E-state index contributed by atoms with van der Waals surface area (Å²) in [6.45, 7) is 5.74. The lowest BCUT2D eigenvalue weighted by molar-refractivity contribution is 0.269. The molecule has 0 bridgehead atoms. The fourth-order valence-electron chi connectivity index (χ4n) is 3.51. The van der Waals surface area contributed by atoms with Gasteiger partial charge in [-0.2, -0.15) is 0 Å². The van der Waals surface area contributed by atoms with Gasteiger partial charge in [0.25, 0.3) is 0 Å². The van der Waals surface area contributed by atoms with Crippen LogP contribution in [0.3, 0.4) is 0 Å². The van der Waals surface area contributed by atoms with Gasteiger partial charge in [-0.05, 0) is 54.3 Å². The van der Waals surface area contributed by atoms with Crippen molar-refractivity contribution in [3.8, 4) is 11.5 Å². The van der Waals surface area contributed by atoms with E-state index in [4.69, 9.17) is 32.7 Å². The van der Waals surface area contributed by atoms with E-state index in [-0.39, 0.29) is 0 Å². The summed E-state index contributed by atoms with van der Waals surface area (Å²) in [6.07, 6.45) is 2.17. The lowest BCUT2D eigenvalue weighted by atomic mass is 10.0. The number of ether oxygens (including phenoxy) is 2. The first kappa shape index (κ1) is 23.5. The van der Waals surface area contributed by atoms with Crippen LogP contribution in [-0.2, 0) is 13.2 Å². The minimum atomic E-state index is 0.291. The highest BCUT2D eigenvalue weighted by Crippen LogP contribution is 2.37. The van der Waals surface area contributed by atoms with Gasteiger partial charge >= 0.3 is 0 Å². The first-order valence-corrected chi connectivity index (χ1v) is 11.5. The SMILES string of the molecule is CCCC(NCc1cc(Cl)c(OCc2cccc(Cl)c2)c(OCC)c1)c1ccccc1. The van der Waals surface area contributed by atoms with E-state index in [0.717, 1.165) is 24.0 Å². The van der Waals surface area contributed by atoms with Crippen LogP contribution in [0.4, 0.5) is 0 Å². The Morgan fingerprint density at radius 1 is 0.871 bits per heavy atom. The molecular formula is C26H29Cl2NO2. The Morgan fingerprint density at radius 2 is 1.68 bits per heavy atom. The van der Waals surface area contributed by atoms with E-state index in [1.807, 2.05) is 49.4 Å². The van der Waals surface area contributed by atoms with E-state index in [1.54, 1.807) is 0 Å². The lowest BCUT2D eigenvalue weighted by Gasteiger charge is -2.20. The molecule has 3 nitrogen and oxygen atoms in total. The third-order valence-corrected chi connectivity index (χ3v) is 5.49. The third-order valence-electron chi connectivity index (χ3n) is 4.97. The molecule has 0 aliphatic rings. The quantitative estimate of drug-likeness (QED) is 0.321. The highest BCUT2D eigenvalue weighted by atomic mass is 35.5. The van der Waals surface area contributed by atoms with Crippen LogP contribution in [0.25, 0.3) is 0 Å². The summed E-state index contributed by atoms with van der Waals surface area (Å²) in [5, 5.41) is 4.88. The molecule has 0 aromatic heterocycles. The molecule has 0 fully saturated rings. The summed E-state index contributed by atoms with van der Waals surface area (Å²) in [4.78, 5) is 0. The van der Waals surface area contributed by atoms with Crippen LogP contribution in [0.15, 0.2) is 66.7 Å². The fourth-order valence-corrected chi connectivity index (χ4v) is 4.01. The van der Waals surface area contributed by atoms with Crippen molar-refractivity contribution >= 4 is 23.2 Å². The third kappa shape index (κ3) is 6.90. The van der Waals surface area contributed by atoms with Crippen LogP contribution < -0.4 is 14.8 Å². The van der Waals surface area contributed by atoms with Crippen LogP contribution in [-0.4, -0.2) is 6.61 Å². The molecule has 0 heterocycles. The molecule has 0 radical (unpaired) electrons. The Hall–Kier alpha value is -2.20. The molecule has 0 spiro atoms. The second kappa shape index (κ2) is 12.0. The Labute approximate surface area is 195 Å². The van der Waals surface area contributed by atoms with Crippen molar-refractivity contribution in [2.24, 2.45) is 0 Å². The van der Waals surface area contributed by atoms with E-state index >= 15 is 0 Å². The van der Waals surface area contributed by atoms with Crippen molar-refractivity contribution in [1.29, 1.82) is 0 Å². The molecule has 0 aliphatic heterocycles. The van der Waals surface area contributed by atoms with Crippen molar-refractivity contribution in [2.75, 3.05) is 6.61 Å². The largest absolute Gasteiger partial charge is 0.490 e. The maximum absolute atomic E-state index is 6.60. The first-order chi connectivity index (χ1) is 15.1. The van der Waals surface area contributed by atoms with Crippen LogP contribution in [0.5, 0.6) is 11.5 Å². The summed E-state index contributed by atoms with van der Waals surface area (Å²) < 4.78 is 11.9. The zero-order valence-electron chi connectivity index (χ0n) is 18.0. The molecule has 31 heavy (non-hydrogen) atoms. The van der Waals surface area contributed by atoms with Crippen molar-refractivity contribution < 1.29 is 9.47 Å². The van der Waals surface area contributed by atoms with Gasteiger partial charge in [-0.3, -0.25) is 0 Å². The second-order valence-electron chi connectivity index (χ2n) is 7.39. The zero-order valence-corrected chi connectivity index (χ0v) is 19.5. The number of nitrogens with one attached hydrogen (secondary N) is 1. The number of benzene rings is 3. The molecule has 1 unspecified atom stereocenters. The molecule has 0 aliphatic carbocycles. The molecule has 0 saturated heterocycles. The molecular weight excluding hydrogens is 429 g/mol. The minimum Gasteiger partial charge on any atom is -0.490 e. The molecule has 164 valence electrons. The topological polar surface area (TPSA) is 30.5 Å². The van der Waals surface area contributed by atoms with E-state index in [0.29, 0.717) is 47.3 Å². The molecule has 3 aromatic rings. The van der Waals surface area contributed by atoms with Crippen molar-refractivity contribution in [2.45, 2.75) is 45.9 Å². The van der Waals surface area contributed by atoms with E-state index < -0.39 is 0 Å². The average molecular weight is 458 g/mol. The van der Waals surface area contributed by atoms with Crippen LogP contribution in [0.1, 0.15) is 49.4 Å². The highest BCUT2D eigenvalue weighted by molar-refractivity contribution is 6.32. The minimum absolute atomic E-state index is 0.291. The Kier molecular flexibility index (Phi) is 9.08. The Balaban J connectivity index is 1.74. The summed E-state index contributed by atoms with van der Waals surface area (Å²) in [5.74, 6) is 1.21. The normalized spacial score (nSPS) is 11.9. The highest BCUT2D eigenvalue weighted by Gasteiger charge is 2.15. The zero-order chi connectivity index (χ0) is 22.1. The number of hydrogen-bond donors (Lipinski definition) is 1. The molecule has 0 amide bonds. The van der Waals surface area contributed by atoms with Gasteiger partial charge in [0.05, 0.1) is 11.6 Å². The molecule has 0 saturated carbocycles. The number of hydrogen-bond acceptors (Lipinski definition) is 3. The predicted octanol–water partition coefficient (Wildman–Crippen LogP) is 7.60. The Bertz CT molecular complexity index is 963. The van der Waals surface area contributed by atoms with Crippen molar-refractivity contribution in [1.82, 2.24) is 5.32 Å². The molecule has 3 aromatic carbocycles. The Morgan fingerprint density at radius 3 is 2.39 bits per heavy atom. The maximum Gasteiger partial charge on any atom is 0.180 e. The molecule has 1 N–H and O–H groups in total. The summed E-state index contributed by atoms with van der Waals surface area (Å²) in [5.41, 5.74) is 3.32. The van der Waals surface area contributed by atoms with Gasteiger partial charge in [-0.25, -0.2) is 0 Å². The number of halogens is 2. The summed E-state index contributed by atoms with van der Waals surface area (Å²) >= 11 is 12.7. The molecule has 3 rings (SSSR count). The van der Waals surface area contributed by atoms with Gasteiger partial charge in [0.15, 0.2) is 11.5 Å². The number of rotatable bonds is 11. The lowest BCUT2D eigenvalue weighted by Crippen LogP contribution is -2.21. The van der Waals surface area contributed by atoms with E-state index in [9.17, 15) is 0 Å². The summed E-state index contributed by atoms with van der Waals surface area (Å²) in [7, 11) is 0. The smallest absolute Gasteiger partial charge is 0.180 e. The predicted molar refractivity (Wildman–Crippen MR) is 129 cm³/mol. The molecule has 1 atom stereocenters. The average Bonchev–Trinajstić information content (AvgIpc) is 2.77. The van der Waals surface area contributed by atoms with Gasteiger partial charge in [-0.1, -0.05) is 79.0 Å². The van der Waals surface area contributed by atoms with E-state index in [1.165, 1.54) is 5.56 Å². The van der Waals surface area contributed by atoms with Crippen molar-refractivity contribution in [3.05, 3.63) is 93.5 Å². The standard InChI is InChI=1S/C26H29Cl2NO2/c1-3-9-24(21-11-6-5-7-12-21)29-17-20-15-23(28)26(25(16-20)30-4-2)31-18-19-10-8-13-22(27)14-19/h5-8,10-16,24,29H,3-4,9,17-18H2,1-2H3. The van der Waals surface area contributed by atoms with Gasteiger partial charge in [0.1, 0.15) is 6.61 Å². The van der Waals surface area contributed by atoms with Gasteiger partial charge in [-0.15, -0.1) is 0 Å². The van der Waals surface area contributed by atoms with Crippen molar-refractivity contribution in [3.63, 3.8) is 0 Å². The fraction of sp³-hybridized carbons (Fsp3) is 0.308. The van der Waals surface area contributed by atoms with Crippen LogP contribution >= 0.6 is 23.2 Å². The van der Waals surface area contributed by atoms with Gasteiger partial charge < -0.3 is 14.8 Å². The molecule has 5 heteroatoms. The maximum atomic E-state index is 6.60. The van der Waals surface area contributed by atoms with Crippen LogP contribution in [0.2, 0.25) is 10.0 Å². The van der Waals surface area contributed by atoms with Gasteiger partial charge in [0.2, 0.25) is 0 Å². The van der Waals surface area contributed by atoms with Gasteiger partial charge in [0, 0.05) is 17.6 Å². The first-order valence-electron chi connectivity index (χ1n) is 10.7. The van der Waals surface area contributed by atoms with Crippen LogP contribution in [0, 0.1) is 0 Å². The van der Waals surface area contributed by atoms with E-state index in [2.05, 4.69) is 36.5 Å². The monoisotopic (exact) mass is 457 g/mol.